The summed E-state index contributed by atoms with van der Waals surface area (Å²) in [6, 6.07) is 3.88. The average molecular weight is 175 g/mol. The normalized spacial score (nSPS) is 11.2. The van der Waals surface area contributed by atoms with Crippen LogP contribution in [0.4, 0.5) is 5.82 Å². The summed E-state index contributed by atoms with van der Waals surface area (Å²) in [5.74, 6) is 0.658. The summed E-state index contributed by atoms with van der Waals surface area (Å²) in [7, 11) is 0. The van der Waals surface area contributed by atoms with E-state index < -0.39 is 0 Å². The molecule has 0 radical (unpaired) electrons. The molecule has 0 spiro atoms. The first-order valence-electron chi connectivity index (χ1n) is 3.94. The van der Waals surface area contributed by atoms with Gasteiger partial charge in [-0.3, -0.25) is 5.43 Å². The quantitative estimate of drug-likeness (QED) is 0.550. The molecule has 5 nitrogen and oxygen atoms in total. The second-order valence-electron chi connectivity index (χ2n) is 2.48. The number of nitrogens with zero attached hydrogens (tertiary/aromatic N) is 4. The number of nitrogens with one attached hydrogen (secondary N) is 1. The largest absolute Gasteiger partial charge is 0.303 e. The molecule has 66 valence electrons. The fraction of sp³-hybridized carbons (Fsp3) is 0.125. The predicted molar refractivity (Wildman–Crippen MR) is 50.8 cm³/mol. The van der Waals surface area contributed by atoms with Gasteiger partial charge in [-0.05, 0) is 19.1 Å². The molecule has 0 bridgehead atoms. The van der Waals surface area contributed by atoms with E-state index in [1.54, 1.807) is 12.5 Å². The molecule has 0 amide bonds. The third-order valence-electron chi connectivity index (χ3n) is 1.65. The van der Waals surface area contributed by atoms with E-state index in [2.05, 4.69) is 20.7 Å². The summed E-state index contributed by atoms with van der Waals surface area (Å²) in [6.45, 7) is 1.83. The van der Waals surface area contributed by atoms with Gasteiger partial charge in [0.05, 0.1) is 5.52 Å². The number of hydrazone groups is 1. The van der Waals surface area contributed by atoms with Crippen molar-refractivity contribution in [1.82, 2.24) is 14.6 Å². The number of rotatable bonds is 2. The van der Waals surface area contributed by atoms with Gasteiger partial charge in [0.2, 0.25) is 0 Å². The Kier molecular flexibility index (Phi) is 1.91. The molecule has 0 saturated carbocycles. The van der Waals surface area contributed by atoms with E-state index in [9.17, 15) is 0 Å². The summed E-state index contributed by atoms with van der Waals surface area (Å²) in [5.41, 5.74) is 3.76. The van der Waals surface area contributed by atoms with Gasteiger partial charge < -0.3 is 4.40 Å². The van der Waals surface area contributed by atoms with Crippen molar-refractivity contribution < 1.29 is 0 Å². The number of fused-ring (bicyclic) bond motifs is 1. The molecule has 2 aromatic heterocycles. The van der Waals surface area contributed by atoms with Crippen molar-refractivity contribution in [2.24, 2.45) is 5.10 Å². The second-order valence-corrected chi connectivity index (χ2v) is 2.48. The standard InChI is InChI=1S/C8H9N5/c1-2-9-11-8-7-4-3-5-13(7)6-10-12-8/h2-6H,1H3,(H,11,12). The van der Waals surface area contributed by atoms with Crippen molar-refractivity contribution in [3.63, 3.8) is 0 Å². The zero-order valence-electron chi connectivity index (χ0n) is 7.18. The van der Waals surface area contributed by atoms with Gasteiger partial charge in [0.25, 0.3) is 0 Å². The molecule has 0 atom stereocenters. The molecule has 2 heterocycles. The number of hydrogen-bond donors (Lipinski definition) is 1. The second kappa shape index (κ2) is 3.22. The monoisotopic (exact) mass is 175 g/mol. The van der Waals surface area contributed by atoms with Crippen LogP contribution in [0.5, 0.6) is 0 Å². The highest BCUT2D eigenvalue weighted by molar-refractivity contribution is 5.68. The maximum Gasteiger partial charge on any atom is 0.193 e. The zero-order valence-corrected chi connectivity index (χ0v) is 7.18. The highest BCUT2D eigenvalue weighted by Gasteiger charge is 1.99. The lowest BCUT2D eigenvalue weighted by molar-refractivity contribution is 0.947. The molecule has 0 aromatic carbocycles. The first kappa shape index (κ1) is 7.72. The molecular weight excluding hydrogens is 166 g/mol. The van der Waals surface area contributed by atoms with Crippen LogP contribution in [0, 0.1) is 0 Å². The molecule has 0 aliphatic heterocycles. The average Bonchev–Trinajstić information content (AvgIpc) is 2.62. The predicted octanol–water partition coefficient (Wildman–Crippen LogP) is 1.15. The van der Waals surface area contributed by atoms with Crippen LogP contribution in [-0.4, -0.2) is 20.8 Å². The molecule has 1 N–H and O–H groups in total. The van der Waals surface area contributed by atoms with E-state index in [1.807, 2.05) is 29.7 Å². The van der Waals surface area contributed by atoms with Crippen LogP contribution < -0.4 is 5.43 Å². The number of hydrogen-bond acceptors (Lipinski definition) is 4. The van der Waals surface area contributed by atoms with E-state index in [0.717, 1.165) is 5.52 Å². The molecule has 13 heavy (non-hydrogen) atoms. The molecule has 0 saturated heterocycles. The van der Waals surface area contributed by atoms with Crippen molar-refractivity contribution in [3.05, 3.63) is 24.7 Å². The lowest BCUT2D eigenvalue weighted by Gasteiger charge is -1.99. The van der Waals surface area contributed by atoms with Gasteiger partial charge in [0.1, 0.15) is 6.33 Å². The third kappa shape index (κ3) is 1.35. The lowest BCUT2D eigenvalue weighted by Crippen LogP contribution is -1.97. The third-order valence-corrected chi connectivity index (χ3v) is 1.65. The first-order valence-corrected chi connectivity index (χ1v) is 3.94. The van der Waals surface area contributed by atoms with Crippen molar-refractivity contribution in [1.29, 1.82) is 0 Å². The minimum atomic E-state index is 0.658. The van der Waals surface area contributed by atoms with Crippen LogP contribution >= 0.6 is 0 Å². The molecule has 2 aromatic rings. The summed E-state index contributed by atoms with van der Waals surface area (Å²) >= 11 is 0. The van der Waals surface area contributed by atoms with Crippen LogP contribution in [0.3, 0.4) is 0 Å². The minimum absolute atomic E-state index is 0.658. The Hall–Kier alpha value is -1.91. The summed E-state index contributed by atoms with van der Waals surface area (Å²) in [6.07, 6.45) is 5.22. The highest BCUT2D eigenvalue weighted by atomic mass is 15.4. The SMILES string of the molecule is CC=NNc1nncn2cccc12. The molecule has 2 rings (SSSR count). The minimum Gasteiger partial charge on any atom is -0.303 e. The van der Waals surface area contributed by atoms with Gasteiger partial charge in [-0.15, -0.1) is 10.2 Å². The Morgan fingerprint density at radius 3 is 3.38 bits per heavy atom. The van der Waals surface area contributed by atoms with Gasteiger partial charge in [-0.1, -0.05) is 0 Å². The first-order chi connectivity index (χ1) is 6.42. The highest BCUT2D eigenvalue weighted by Crippen LogP contribution is 2.11. The van der Waals surface area contributed by atoms with E-state index in [1.165, 1.54) is 0 Å². The van der Waals surface area contributed by atoms with E-state index in [4.69, 9.17) is 0 Å². The number of aromatic nitrogens is 3. The Morgan fingerprint density at radius 1 is 1.62 bits per heavy atom. The van der Waals surface area contributed by atoms with Gasteiger partial charge in [-0.25, -0.2) is 0 Å². The van der Waals surface area contributed by atoms with E-state index in [-0.39, 0.29) is 0 Å². The molecule has 5 heteroatoms. The zero-order chi connectivity index (χ0) is 9.10. The van der Waals surface area contributed by atoms with Crippen molar-refractivity contribution in [3.8, 4) is 0 Å². The van der Waals surface area contributed by atoms with E-state index in [0.29, 0.717) is 5.82 Å². The Bertz CT molecular complexity index is 431. The Balaban J connectivity index is 2.48. The van der Waals surface area contributed by atoms with Gasteiger partial charge in [0, 0.05) is 12.4 Å². The van der Waals surface area contributed by atoms with Crippen molar-refractivity contribution in [2.45, 2.75) is 6.92 Å². The van der Waals surface area contributed by atoms with Gasteiger partial charge in [0.15, 0.2) is 5.82 Å². The fourth-order valence-electron chi connectivity index (χ4n) is 1.09. The summed E-state index contributed by atoms with van der Waals surface area (Å²) < 4.78 is 1.88. The van der Waals surface area contributed by atoms with Crippen LogP contribution in [0.15, 0.2) is 29.8 Å². The van der Waals surface area contributed by atoms with Crippen LogP contribution in [0.2, 0.25) is 0 Å². The van der Waals surface area contributed by atoms with E-state index >= 15 is 0 Å². The maximum atomic E-state index is 3.92. The lowest BCUT2D eigenvalue weighted by atomic mass is 10.5. The molecule has 0 aliphatic rings. The van der Waals surface area contributed by atoms with Crippen LogP contribution in [0.25, 0.3) is 5.52 Å². The maximum absolute atomic E-state index is 3.92. The molecule has 0 aliphatic carbocycles. The van der Waals surface area contributed by atoms with Crippen molar-refractivity contribution >= 4 is 17.5 Å². The fourth-order valence-corrected chi connectivity index (χ4v) is 1.09. The summed E-state index contributed by atoms with van der Waals surface area (Å²) in [4.78, 5) is 0. The topological polar surface area (TPSA) is 54.6 Å². The van der Waals surface area contributed by atoms with Crippen LogP contribution in [0.1, 0.15) is 6.92 Å². The molecule has 0 unspecified atom stereocenters. The van der Waals surface area contributed by atoms with Crippen LogP contribution in [-0.2, 0) is 0 Å². The summed E-state index contributed by atoms with van der Waals surface area (Å²) in [5, 5.41) is 11.6. The van der Waals surface area contributed by atoms with Crippen molar-refractivity contribution in [2.75, 3.05) is 5.43 Å². The van der Waals surface area contributed by atoms with Gasteiger partial charge >= 0.3 is 0 Å². The Labute approximate surface area is 75.1 Å². The molecular formula is C8H9N5. The smallest absolute Gasteiger partial charge is 0.193 e. The Morgan fingerprint density at radius 2 is 2.54 bits per heavy atom. The molecule has 0 fully saturated rings. The van der Waals surface area contributed by atoms with Gasteiger partial charge in [-0.2, -0.15) is 5.10 Å². The number of anilines is 1.